The zero-order valence-electron chi connectivity index (χ0n) is 11.6. The summed E-state index contributed by atoms with van der Waals surface area (Å²) in [6.45, 7) is 7.08. The van der Waals surface area contributed by atoms with Crippen LogP contribution in [-0.2, 0) is 0 Å². The van der Waals surface area contributed by atoms with Gasteiger partial charge in [0.05, 0.1) is 0 Å². The maximum Gasteiger partial charge on any atom is 0.0347 e. The molecule has 0 heterocycles. The zero-order valence-corrected chi connectivity index (χ0v) is 11.6. The van der Waals surface area contributed by atoms with Crippen LogP contribution < -0.4 is 0 Å². The van der Waals surface area contributed by atoms with Crippen molar-refractivity contribution in [3.05, 3.63) is 24.3 Å². The highest BCUT2D eigenvalue weighted by atomic mass is 15.2. The lowest BCUT2D eigenvalue weighted by Gasteiger charge is -2.42. The van der Waals surface area contributed by atoms with E-state index in [-0.39, 0.29) is 0 Å². The first-order valence-electron chi connectivity index (χ1n) is 7.36. The minimum atomic E-state index is 0.623. The summed E-state index contributed by atoms with van der Waals surface area (Å²) >= 11 is 0. The summed E-state index contributed by atoms with van der Waals surface area (Å²) in [5, 5.41) is 0. The molecule has 0 aromatic carbocycles. The van der Waals surface area contributed by atoms with Crippen LogP contribution >= 0.6 is 0 Å². The van der Waals surface area contributed by atoms with Gasteiger partial charge in [0, 0.05) is 18.1 Å². The fraction of sp³-hybridized carbons (Fsp3) is 0.750. The third-order valence-corrected chi connectivity index (χ3v) is 4.56. The van der Waals surface area contributed by atoms with Crippen LogP contribution in [0.1, 0.15) is 52.9 Å². The number of allylic oxidation sites excluding steroid dienone is 2. The Labute approximate surface area is 107 Å². The Morgan fingerprint density at radius 1 is 1.18 bits per heavy atom. The van der Waals surface area contributed by atoms with Gasteiger partial charge in [0.15, 0.2) is 0 Å². The highest BCUT2D eigenvalue weighted by Gasteiger charge is 2.32. The summed E-state index contributed by atoms with van der Waals surface area (Å²) in [4.78, 5) is 2.80. The molecule has 96 valence electrons. The average Bonchev–Trinajstić information content (AvgIpc) is 2.85. The molecule has 1 nitrogen and oxygen atoms in total. The molecular formula is C16H27N. The number of rotatable bonds is 4. The Morgan fingerprint density at radius 2 is 1.82 bits per heavy atom. The Kier molecular flexibility index (Phi) is 4.44. The maximum atomic E-state index is 2.80. The van der Waals surface area contributed by atoms with E-state index in [2.05, 4.69) is 50.0 Å². The third-order valence-electron chi connectivity index (χ3n) is 4.56. The van der Waals surface area contributed by atoms with Gasteiger partial charge in [-0.25, -0.2) is 0 Å². The normalized spacial score (nSPS) is 31.3. The topological polar surface area (TPSA) is 3.24 Å². The van der Waals surface area contributed by atoms with Crippen molar-refractivity contribution in [2.24, 2.45) is 5.92 Å². The van der Waals surface area contributed by atoms with E-state index in [1.807, 2.05) is 0 Å². The van der Waals surface area contributed by atoms with Crippen LogP contribution in [0, 0.1) is 5.92 Å². The second-order valence-corrected chi connectivity index (χ2v) is 5.76. The highest BCUT2D eigenvalue weighted by molar-refractivity contribution is 5.17. The van der Waals surface area contributed by atoms with Crippen molar-refractivity contribution in [1.82, 2.24) is 4.90 Å². The highest BCUT2D eigenvalue weighted by Crippen LogP contribution is 2.31. The first-order chi connectivity index (χ1) is 8.24. The molecule has 0 aliphatic heterocycles. The summed E-state index contributed by atoms with van der Waals surface area (Å²) < 4.78 is 0. The monoisotopic (exact) mass is 233 g/mol. The molecule has 0 saturated heterocycles. The van der Waals surface area contributed by atoms with Crippen molar-refractivity contribution in [1.29, 1.82) is 0 Å². The molecule has 0 aromatic rings. The van der Waals surface area contributed by atoms with Crippen LogP contribution in [0.15, 0.2) is 24.3 Å². The van der Waals surface area contributed by atoms with Gasteiger partial charge in [0.2, 0.25) is 0 Å². The third kappa shape index (κ3) is 2.82. The number of hydrogen-bond acceptors (Lipinski definition) is 1. The van der Waals surface area contributed by atoms with Crippen molar-refractivity contribution >= 4 is 0 Å². The van der Waals surface area contributed by atoms with Crippen molar-refractivity contribution in [3.8, 4) is 0 Å². The molecule has 17 heavy (non-hydrogen) atoms. The summed E-state index contributed by atoms with van der Waals surface area (Å²) in [7, 11) is 0. The van der Waals surface area contributed by atoms with Crippen LogP contribution in [0.5, 0.6) is 0 Å². The molecule has 2 aliphatic carbocycles. The van der Waals surface area contributed by atoms with Gasteiger partial charge in [-0.15, -0.1) is 0 Å². The molecule has 1 saturated carbocycles. The molecule has 1 fully saturated rings. The van der Waals surface area contributed by atoms with Gasteiger partial charge in [-0.1, -0.05) is 51.0 Å². The zero-order chi connectivity index (χ0) is 12.3. The second-order valence-electron chi connectivity index (χ2n) is 5.76. The van der Waals surface area contributed by atoms with E-state index in [4.69, 9.17) is 0 Å². The molecule has 0 radical (unpaired) electrons. The van der Waals surface area contributed by atoms with Crippen molar-refractivity contribution in [3.63, 3.8) is 0 Å². The van der Waals surface area contributed by atoms with Gasteiger partial charge < -0.3 is 0 Å². The van der Waals surface area contributed by atoms with Gasteiger partial charge in [-0.3, -0.25) is 4.90 Å². The molecule has 0 spiro atoms. The summed E-state index contributed by atoms with van der Waals surface area (Å²) in [6, 6.07) is 2.16. The molecule has 0 aromatic heterocycles. The van der Waals surface area contributed by atoms with Crippen LogP contribution in [0.2, 0.25) is 0 Å². The van der Waals surface area contributed by atoms with E-state index >= 15 is 0 Å². The summed E-state index contributed by atoms with van der Waals surface area (Å²) in [5.74, 6) is 0.662. The number of hydrogen-bond donors (Lipinski definition) is 0. The Hall–Kier alpha value is -0.560. The van der Waals surface area contributed by atoms with E-state index in [1.165, 1.54) is 32.1 Å². The SMILES string of the molecule is CCC(C)N(C1CCCC1)C1C=CC=CC1C. The van der Waals surface area contributed by atoms with Crippen molar-refractivity contribution in [2.45, 2.75) is 71.0 Å². The minimum Gasteiger partial charge on any atom is -0.291 e. The van der Waals surface area contributed by atoms with E-state index in [9.17, 15) is 0 Å². The Morgan fingerprint density at radius 3 is 2.41 bits per heavy atom. The van der Waals surface area contributed by atoms with Crippen LogP contribution in [0.4, 0.5) is 0 Å². The lowest BCUT2D eigenvalue weighted by Crippen LogP contribution is -2.49. The average molecular weight is 233 g/mol. The second kappa shape index (κ2) is 5.86. The van der Waals surface area contributed by atoms with E-state index in [0.29, 0.717) is 18.0 Å². The minimum absolute atomic E-state index is 0.623. The molecule has 2 aliphatic rings. The maximum absolute atomic E-state index is 2.80. The lowest BCUT2D eigenvalue weighted by molar-refractivity contribution is 0.0900. The van der Waals surface area contributed by atoms with Crippen LogP contribution in [0.3, 0.4) is 0 Å². The number of nitrogens with zero attached hydrogens (tertiary/aromatic N) is 1. The Balaban J connectivity index is 2.14. The summed E-state index contributed by atoms with van der Waals surface area (Å²) in [5.41, 5.74) is 0. The molecule has 2 rings (SSSR count). The fourth-order valence-corrected chi connectivity index (χ4v) is 3.39. The smallest absolute Gasteiger partial charge is 0.0347 e. The van der Waals surface area contributed by atoms with Crippen LogP contribution in [-0.4, -0.2) is 23.0 Å². The molecule has 0 bridgehead atoms. The standard InChI is InChI=1S/C16H27N/c1-4-14(3)17(15-10-6-7-11-15)16-12-8-5-9-13(16)2/h5,8-9,12-16H,4,6-7,10-11H2,1-3H3. The largest absolute Gasteiger partial charge is 0.291 e. The lowest BCUT2D eigenvalue weighted by atomic mass is 9.92. The molecule has 3 atom stereocenters. The molecule has 3 unspecified atom stereocenters. The van der Waals surface area contributed by atoms with Crippen molar-refractivity contribution < 1.29 is 0 Å². The van der Waals surface area contributed by atoms with Gasteiger partial charge >= 0.3 is 0 Å². The quantitative estimate of drug-likeness (QED) is 0.704. The predicted octanol–water partition coefficient (Wildman–Crippen LogP) is 4.16. The van der Waals surface area contributed by atoms with Crippen LogP contribution in [0.25, 0.3) is 0 Å². The predicted molar refractivity (Wildman–Crippen MR) is 75.1 cm³/mol. The van der Waals surface area contributed by atoms with E-state index in [1.54, 1.807) is 0 Å². The van der Waals surface area contributed by atoms with E-state index < -0.39 is 0 Å². The molecule has 1 heteroatoms. The summed E-state index contributed by atoms with van der Waals surface area (Å²) in [6.07, 6.45) is 16.1. The van der Waals surface area contributed by atoms with Crippen molar-refractivity contribution in [2.75, 3.05) is 0 Å². The van der Waals surface area contributed by atoms with E-state index in [0.717, 1.165) is 6.04 Å². The molecular weight excluding hydrogens is 206 g/mol. The van der Waals surface area contributed by atoms with Gasteiger partial charge in [-0.2, -0.15) is 0 Å². The fourth-order valence-electron chi connectivity index (χ4n) is 3.39. The first kappa shape index (κ1) is 12.9. The molecule has 0 amide bonds. The first-order valence-corrected chi connectivity index (χ1v) is 7.36. The van der Waals surface area contributed by atoms with Gasteiger partial charge in [0.25, 0.3) is 0 Å². The van der Waals surface area contributed by atoms with Gasteiger partial charge in [-0.05, 0) is 32.1 Å². The molecule has 0 N–H and O–H groups in total. The van der Waals surface area contributed by atoms with Gasteiger partial charge in [0.1, 0.15) is 0 Å². The Bertz CT molecular complexity index is 286.